The van der Waals surface area contributed by atoms with E-state index in [0.717, 1.165) is 24.3 Å². The van der Waals surface area contributed by atoms with Crippen molar-refractivity contribution in [3.63, 3.8) is 0 Å². The molecule has 0 aliphatic rings. The second kappa shape index (κ2) is 4.79. The Labute approximate surface area is 95.3 Å². The summed E-state index contributed by atoms with van der Waals surface area (Å²) in [5.74, 6) is 0. The molecular formula is C12H16N4. The first-order valence-corrected chi connectivity index (χ1v) is 5.56. The lowest BCUT2D eigenvalue weighted by molar-refractivity contribution is 0.866. The first-order chi connectivity index (χ1) is 7.85. The van der Waals surface area contributed by atoms with E-state index in [1.165, 1.54) is 5.69 Å². The monoisotopic (exact) mass is 216 g/mol. The standard InChI is InChI=1S/C12H16N4/c1-3-16(4-2)11-7-5-10(6-8-11)12-9-13-15-14-12/h5-9H,3-4H2,1-2H3,(H,13,14,15). The first-order valence-electron chi connectivity index (χ1n) is 5.56. The highest BCUT2D eigenvalue weighted by Crippen LogP contribution is 2.20. The third kappa shape index (κ3) is 2.05. The van der Waals surface area contributed by atoms with Crippen LogP contribution in [0.5, 0.6) is 0 Å². The summed E-state index contributed by atoms with van der Waals surface area (Å²) in [5.41, 5.74) is 3.22. The van der Waals surface area contributed by atoms with E-state index >= 15 is 0 Å². The van der Waals surface area contributed by atoms with Crippen molar-refractivity contribution in [1.29, 1.82) is 0 Å². The largest absolute Gasteiger partial charge is 0.372 e. The summed E-state index contributed by atoms with van der Waals surface area (Å²) in [4.78, 5) is 2.31. The van der Waals surface area contributed by atoms with Crippen molar-refractivity contribution in [2.45, 2.75) is 13.8 Å². The fourth-order valence-electron chi connectivity index (χ4n) is 1.77. The van der Waals surface area contributed by atoms with Gasteiger partial charge in [-0.05, 0) is 26.0 Å². The zero-order chi connectivity index (χ0) is 11.4. The summed E-state index contributed by atoms with van der Waals surface area (Å²) in [6.07, 6.45) is 1.73. The van der Waals surface area contributed by atoms with Crippen LogP contribution in [0.15, 0.2) is 30.5 Å². The van der Waals surface area contributed by atoms with Gasteiger partial charge in [-0.1, -0.05) is 12.1 Å². The number of hydrogen-bond acceptors (Lipinski definition) is 3. The molecule has 0 atom stereocenters. The number of anilines is 1. The molecule has 1 aromatic heterocycles. The molecule has 0 fully saturated rings. The molecule has 0 saturated carbocycles. The molecule has 0 amide bonds. The molecule has 0 spiro atoms. The molecule has 1 aromatic carbocycles. The molecule has 0 unspecified atom stereocenters. The van der Waals surface area contributed by atoms with Crippen molar-refractivity contribution in [2.75, 3.05) is 18.0 Å². The number of nitrogens with one attached hydrogen (secondary N) is 1. The highest BCUT2D eigenvalue weighted by Gasteiger charge is 2.03. The van der Waals surface area contributed by atoms with Gasteiger partial charge >= 0.3 is 0 Å². The molecule has 1 N–H and O–H groups in total. The average Bonchev–Trinajstić information content (AvgIpc) is 2.85. The maximum atomic E-state index is 4.05. The van der Waals surface area contributed by atoms with Crippen LogP contribution < -0.4 is 4.90 Å². The number of H-pyrrole nitrogens is 1. The van der Waals surface area contributed by atoms with Crippen LogP contribution >= 0.6 is 0 Å². The molecule has 2 aromatic rings. The van der Waals surface area contributed by atoms with E-state index in [1.54, 1.807) is 6.20 Å². The van der Waals surface area contributed by atoms with Gasteiger partial charge in [-0.3, -0.25) is 0 Å². The number of aromatic nitrogens is 3. The van der Waals surface area contributed by atoms with Crippen LogP contribution in [0.3, 0.4) is 0 Å². The van der Waals surface area contributed by atoms with Crippen LogP contribution in [0.25, 0.3) is 11.3 Å². The number of nitrogens with zero attached hydrogens (tertiary/aromatic N) is 3. The van der Waals surface area contributed by atoms with Gasteiger partial charge in [0.1, 0.15) is 5.69 Å². The summed E-state index contributed by atoms with van der Waals surface area (Å²) in [6, 6.07) is 8.39. The van der Waals surface area contributed by atoms with Crippen molar-refractivity contribution in [1.82, 2.24) is 15.4 Å². The van der Waals surface area contributed by atoms with Crippen LogP contribution in [0.4, 0.5) is 5.69 Å². The number of benzene rings is 1. The molecule has 0 aliphatic carbocycles. The van der Waals surface area contributed by atoms with E-state index in [1.807, 2.05) is 0 Å². The second-order valence-corrected chi connectivity index (χ2v) is 3.57. The van der Waals surface area contributed by atoms with Gasteiger partial charge in [0.15, 0.2) is 0 Å². The molecule has 0 radical (unpaired) electrons. The average molecular weight is 216 g/mol. The maximum Gasteiger partial charge on any atom is 0.112 e. The predicted octanol–water partition coefficient (Wildman–Crippen LogP) is 2.32. The highest BCUT2D eigenvalue weighted by atomic mass is 15.3. The van der Waals surface area contributed by atoms with E-state index in [4.69, 9.17) is 0 Å². The molecule has 0 bridgehead atoms. The Kier molecular flexibility index (Phi) is 3.19. The fourth-order valence-corrected chi connectivity index (χ4v) is 1.77. The zero-order valence-electron chi connectivity index (χ0n) is 9.64. The molecule has 84 valence electrons. The minimum absolute atomic E-state index is 0.881. The van der Waals surface area contributed by atoms with Crippen LogP contribution in [0.1, 0.15) is 13.8 Å². The fraction of sp³-hybridized carbons (Fsp3) is 0.333. The maximum absolute atomic E-state index is 4.05. The lowest BCUT2D eigenvalue weighted by Gasteiger charge is -2.20. The van der Waals surface area contributed by atoms with Crippen LogP contribution in [0.2, 0.25) is 0 Å². The van der Waals surface area contributed by atoms with E-state index in [2.05, 4.69) is 58.4 Å². The zero-order valence-corrected chi connectivity index (χ0v) is 9.64. The highest BCUT2D eigenvalue weighted by molar-refractivity contribution is 5.62. The Morgan fingerprint density at radius 2 is 1.81 bits per heavy atom. The first kappa shape index (κ1) is 10.7. The number of hydrogen-bond donors (Lipinski definition) is 1. The minimum atomic E-state index is 0.881. The summed E-state index contributed by atoms with van der Waals surface area (Å²) in [6.45, 7) is 6.38. The van der Waals surface area contributed by atoms with Gasteiger partial charge in [-0.15, -0.1) is 0 Å². The molecule has 0 saturated heterocycles. The van der Waals surface area contributed by atoms with Gasteiger partial charge in [-0.25, -0.2) is 0 Å². The van der Waals surface area contributed by atoms with Gasteiger partial charge < -0.3 is 4.90 Å². The molecule has 4 nitrogen and oxygen atoms in total. The van der Waals surface area contributed by atoms with Gasteiger partial charge in [0, 0.05) is 24.3 Å². The summed E-state index contributed by atoms with van der Waals surface area (Å²) >= 11 is 0. The van der Waals surface area contributed by atoms with E-state index in [9.17, 15) is 0 Å². The van der Waals surface area contributed by atoms with Crippen molar-refractivity contribution in [3.05, 3.63) is 30.5 Å². The Morgan fingerprint density at radius 1 is 1.12 bits per heavy atom. The molecule has 0 aliphatic heterocycles. The third-order valence-corrected chi connectivity index (χ3v) is 2.71. The lowest BCUT2D eigenvalue weighted by Crippen LogP contribution is -2.21. The van der Waals surface area contributed by atoms with Crippen molar-refractivity contribution in [2.24, 2.45) is 0 Å². The lowest BCUT2D eigenvalue weighted by atomic mass is 10.1. The van der Waals surface area contributed by atoms with Crippen molar-refractivity contribution < 1.29 is 0 Å². The Hall–Kier alpha value is -1.84. The van der Waals surface area contributed by atoms with Crippen molar-refractivity contribution in [3.8, 4) is 11.3 Å². The van der Waals surface area contributed by atoms with Gasteiger partial charge in [0.25, 0.3) is 0 Å². The van der Waals surface area contributed by atoms with E-state index in [-0.39, 0.29) is 0 Å². The van der Waals surface area contributed by atoms with Gasteiger partial charge in [0.05, 0.1) is 6.20 Å². The van der Waals surface area contributed by atoms with E-state index < -0.39 is 0 Å². The molecule has 2 rings (SSSR count). The molecule has 16 heavy (non-hydrogen) atoms. The van der Waals surface area contributed by atoms with Gasteiger partial charge in [0.2, 0.25) is 0 Å². The topological polar surface area (TPSA) is 44.8 Å². The van der Waals surface area contributed by atoms with Crippen LogP contribution in [0, 0.1) is 0 Å². The second-order valence-electron chi connectivity index (χ2n) is 3.57. The quantitative estimate of drug-likeness (QED) is 0.853. The Balaban J connectivity index is 2.22. The third-order valence-electron chi connectivity index (χ3n) is 2.71. The number of aromatic amines is 1. The summed E-state index contributed by atoms with van der Waals surface area (Å²) in [5, 5.41) is 10.5. The van der Waals surface area contributed by atoms with Gasteiger partial charge in [-0.2, -0.15) is 15.4 Å². The van der Waals surface area contributed by atoms with Crippen LogP contribution in [-0.2, 0) is 0 Å². The van der Waals surface area contributed by atoms with Crippen LogP contribution in [-0.4, -0.2) is 28.5 Å². The molecule has 4 heteroatoms. The Morgan fingerprint density at radius 3 is 2.31 bits per heavy atom. The van der Waals surface area contributed by atoms with Crippen molar-refractivity contribution >= 4 is 5.69 Å². The Bertz CT molecular complexity index is 415. The molecular weight excluding hydrogens is 200 g/mol. The van der Waals surface area contributed by atoms with E-state index in [0.29, 0.717) is 0 Å². The smallest absolute Gasteiger partial charge is 0.112 e. The molecule has 1 heterocycles. The summed E-state index contributed by atoms with van der Waals surface area (Å²) in [7, 11) is 0. The minimum Gasteiger partial charge on any atom is -0.372 e. The summed E-state index contributed by atoms with van der Waals surface area (Å²) < 4.78 is 0. The predicted molar refractivity (Wildman–Crippen MR) is 65.4 cm³/mol. The number of rotatable bonds is 4. The SMILES string of the molecule is CCN(CC)c1ccc(-c2cn[nH]n2)cc1. The normalized spacial score (nSPS) is 10.4.